The van der Waals surface area contributed by atoms with Gasteiger partial charge >= 0.3 is 0 Å². The lowest BCUT2D eigenvalue weighted by atomic mass is 9.92. The SMILES string of the molecule is CC(C)(CNC(=O)CCC1CCCCN1)C(N)=O. The fourth-order valence-electron chi connectivity index (χ4n) is 1.97. The zero-order valence-corrected chi connectivity index (χ0v) is 11.4. The van der Waals surface area contributed by atoms with Crippen LogP contribution in [0.2, 0.25) is 0 Å². The van der Waals surface area contributed by atoms with Crippen LogP contribution in [0.15, 0.2) is 0 Å². The second kappa shape index (κ2) is 6.73. The van der Waals surface area contributed by atoms with E-state index in [0.29, 0.717) is 19.0 Å². The lowest BCUT2D eigenvalue weighted by Gasteiger charge is -2.24. The van der Waals surface area contributed by atoms with Crippen LogP contribution < -0.4 is 16.4 Å². The highest BCUT2D eigenvalue weighted by molar-refractivity contribution is 5.82. The molecule has 1 saturated heterocycles. The molecule has 0 radical (unpaired) electrons. The van der Waals surface area contributed by atoms with Gasteiger partial charge in [0.15, 0.2) is 0 Å². The number of primary amides is 1. The standard InChI is InChI=1S/C13H25N3O2/c1-13(2,12(14)18)9-16-11(17)7-6-10-5-3-4-8-15-10/h10,15H,3-9H2,1-2H3,(H2,14,18)(H,16,17). The van der Waals surface area contributed by atoms with E-state index < -0.39 is 11.3 Å². The van der Waals surface area contributed by atoms with Crippen molar-refractivity contribution in [2.45, 2.75) is 52.0 Å². The Hall–Kier alpha value is -1.10. The fourth-order valence-corrected chi connectivity index (χ4v) is 1.97. The van der Waals surface area contributed by atoms with Crippen molar-refractivity contribution in [1.82, 2.24) is 10.6 Å². The van der Waals surface area contributed by atoms with Crippen LogP contribution in [0, 0.1) is 5.41 Å². The average Bonchev–Trinajstić information content (AvgIpc) is 2.35. The van der Waals surface area contributed by atoms with E-state index in [9.17, 15) is 9.59 Å². The first-order valence-corrected chi connectivity index (χ1v) is 6.72. The van der Waals surface area contributed by atoms with Gasteiger partial charge < -0.3 is 16.4 Å². The molecular formula is C13H25N3O2. The van der Waals surface area contributed by atoms with Crippen LogP contribution in [-0.4, -0.2) is 30.9 Å². The normalized spacial score (nSPS) is 20.4. The highest BCUT2D eigenvalue weighted by atomic mass is 16.2. The smallest absolute Gasteiger partial charge is 0.224 e. The molecule has 1 fully saturated rings. The first-order valence-electron chi connectivity index (χ1n) is 6.72. The van der Waals surface area contributed by atoms with E-state index in [4.69, 9.17) is 5.73 Å². The van der Waals surface area contributed by atoms with Gasteiger partial charge in [-0.1, -0.05) is 6.42 Å². The van der Waals surface area contributed by atoms with Crippen LogP contribution in [0.4, 0.5) is 0 Å². The van der Waals surface area contributed by atoms with Crippen LogP contribution >= 0.6 is 0 Å². The van der Waals surface area contributed by atoms with E-state index in [1.54, 1.807) is 13.8 Å². The number of hydrogen-bond acceptors (Lipinski definition) is 3. The van der Waals surface area contributed by atoms with Gasteiger partial charge in [-0.3, -0.25) is 9.59 Å². The number of piperidine rings is 1. The third-order valence-electron chi connectivity index (χ3n) is 3.53. The summed E-state index contributed by atoms with van der Waals surface area (Å²) in [7, 11) is 0. The molecule has 1 rings (SSSR count). The fraction of sp³-hybridized carbons (Fsp3) is 0.846. The Morgan fingerprint density at radius 3 is 2.67 bits per heavy atom. The molecular weight excluding hydrogens is 230 g/mol. The van der Waals surface area contributed by atoms with Crippen molar-refractivity contribution < 1.29 is 9.59 Å². The first-order chi connectivity index (χ1) is 8.42. The van der Waals surface area contributed by atoms with E-state index in [-0.39, 0.29) is 5.91 Å². The number of carbonyl (C=O) groups is 2. The lowest BCUT2D eigenvalue weighted by Crippen LogP contribution is -2.42. The molecule has 5 heteroatoms. The minimum atomic E-state index is -0.682. The molecule has 4 N–H and O–H groups in total. The molecule has 1 aliphatic heterocycles. The summed E-state index contributed by atoms with van der Waals surface area (Å²) in [5.41, 5.74) is 4.57. The molecule has 0 spiro atoms. The molecule has 1 heterocycles. The van der Waals surface area contributed by atoms with Crippen molar-refractivity contribution in [2.75, 3.05) is 13.1 Å². The zero-order valence-electron chi connectivity index (χ0n) is 11.4. The number of carbonyl (C=O) groups excluding carboxylic acids is 2. The Balaban J connectivity index is 2.19. The predicted molar refractivity (Wildman–Crippen MR) is 70.9 cm³/mol. The largest absolute Gasteiger partial charge is 0.369 e. The van der Waals surface area contributed by atoms with Crippen molar-refractivity contribution >= 4 is 11.8 Å². The molecule has 0 aromatic carbocycles. The van der Waals surface area contributed by atoms with Crippen molar-refractivity contribution in [3.8, 4) is 0 Å². The number of amides is 2. The monoisotopic (exact) mass is 255 g/mol. The average molecular weight is 255 g/mol. The summed E-state index contributed by atoms with van der Waals surface area (Å²) in [6.07, 6.45) is 5.00. The molecule has 5 nitrogen and oxygen atoms in total. The topological polar surface area (TPSA) is 84.2 Å². The molecule has 0 aromatic heterocycles. The summed E-state index contributed by atoms with van der Waals surface area (Å²) < 4.78 is 0. The van der Waals surface area contributed by atoms with Crippen LogP contribution in [0.3, 0.4) is 0 Å². The summed E-state index contributed by atoms with van der Waals surface area (Å²) >= 11 is 0. The molecule has 1 unspecified atom stereocenters. The Kier molecular flexibility index (Phi) is 5.59. The second-order valence-corrected chi connectivity index (χ2v) is 5.71. The zero-order chi connectivity index (χ0) is 13.6. The number of nitrogens with two attached hydrogens (primary N) is 1. The summed E-state index contributed by atoms with van der Waals surface area (Å²) in [4.78, 5) is 22.8. The van der Waals surface area contributed by atoms with Crippen molar-refractivity contribution in [3.63, 3.8) is 0 Å². The van der Waals surface area contributed by atoms with Gasteiger partial charge in [0.25, 0.3) is 0 Å². The third kappa shape index (κ3) is 5.04. The molecule has 1 atom stereocenters. The Morgan fingerprint density at radius 2 is 2.11 bits per heavy atom. The summed E-state index contributed by atoms with van der Waals surface area (Å²) in [6.45, 7) is 4.83. The van der Waals surface area contributed by atoms with E-state index in [2.05, 4.69) is 10.6 Å². The maximum absolute atomic E-state index is 11.7. The predicted octanol–water partition coefficient (Wildman–Crippen LogP) is 0.536. The quantitative estimate of drug-likeness (QED) is 0.647. The number of hydrogen-bond donors (Lipinski definition) is 3. The number of nitrogens with one attached hydrogen (secondary N) is 2. The maximum Gasteiger partial charge on any atom is 0.224 e. The number of rotatable bonds is 6. The summed E-state index contributed by atoms with van der Waals surface area (Å²) in [6, 6.07) is 0.466. The highest BCUT2D eigenvalue weighted by Crippen LogP contribution is 2.13. The minimum absolute atomic E-state index is 0.00306. The van der Waals surface area contributed by atoms with Crippen LogP contribution in [0.5, 0.6) is 0 Å². The van der Waals surface area contributed by atoms with Gasteiger partial charge in [-0.05, 0) is 39.7 Å². The first kappa shape index (κ1) is 15.0. The van der Waals surface area contributed by atoms with Gasteiger partial charge in [-0.2, -0.15) is 0 Å². The van der Waals surface area contributed by atoms with Crippen LogP contribution in [-0.2, 0) is 9.59 Å². The van der Waals surface area contributed by atoms with Crippen molar-refractivity contribution in [3.05, 3.63) is 0 Å². The van der Waals surface area contributed by atoms with Gasteiger partial charge in [0.05, 0.1) is 5.41 Å². The van der Waals surface area contributed by atoms with Gasteiger partial charge in [-0.25, -0.2) is 0 Å². The van der Waals surface area contributed by atoms with E-state index >= 15 is 0 Å². The van der Waals surface area contributed by atoms with Gasteiger partial charge in [-0.15, -0.1) is 0 Å². The van der Waals surface area contributed by atoms with E-state index in [0.717, 1.165) is 19.4 Å². The summed E-state index contributed by atoms with van der Waals surface area (Å²) in [5, 5.41) is 6.19. The molecule has 104 valence electrons. The molecule has 0 saturated carbocycles. The second-order valence-electron chi connectivity index (χ2n) is 5.71. The third-order valence-corrected chi connectivity index (χ3v) is 3.53. The summed E-state index contributed by atoms with van der Waals surface area (Å²) in [5.74, 6) is -0.395. The van der Waals surface area contributed by atoms with Gasteiger partial charge in [0.2, 0.25) is 11.8 Å². The Labute approximate surface area is 109 Å². The molecule has 1 aliphatic rings. The maximum atomic E-state index is 11.7. The molecule has 2 amide bonds. The van der Waals surface area contributed by atoms with E-state index in [1.807, 2.05) is 0 Å². The highest BCUT2D eigenvalue weighted by Gasteiger charge is 2.25. The molecule has 0 aromatic rings. The Morgan fingerprint density at radius 1 is 1.39 bits per heavy atom. The van der Waals surface area contributed by atoms with Crippen molar-refractivity contribution in [1.29, 1.82) is 0 Å². The van der Waals surface area contributed by atoms with E-state index in [1.165, 1.54) is 12.8 Å². The molecule has 18 heavy (non-hydrogen) atoms. The molecule has 0 aliphatic carbocycles. The van der Waals surface area contributed by atoms with Crippen molar-refractivity contribution in [2.24, 2.45) is 11.1 Å². The Bertz CT molecular complexity index is 297. The lowest BCUT2D eigenvalue weighted by molar-refractivity contribution is -0.127. The minimum Gasteiger partial charge on any atom is -0.369 e. The van der Waals surface area contributed by atoms with Gasteiger partial charge in [0.1, 0.15) is 0 Å². The van der Waals surface area contributed by atoms with Gasteiger partial charge in [0, 0.05) is 19.0 Å². The van der Waals surface area contributed by atoms with Crippen LogP contribution in [0.25, 0.3) is 0 Å². The molecule has 0 bridgehead atoms. The van der Waals surface area contributed by atoms with Crippen LogP contribution in [0.1, 0.15) is 46.0 Å².